The standard InChI is InChI=1S/C19H17F2NO3/c1-11-9-13(20)5-7-14(11)15-6-4-12(10-16(15)21)18(23)22-8-2-3-17(22)19(24)25/h4-7,9-10,17H,2-3,8H2,1H3,(H,24,25)/t17-/m0/s1. The third kappa shape index (κ3) is 3.24. The van der Waals surface area contributed by atoms with Crippen LogP contribution in [-0.2, 0) is 4.79 Å². The number of likely N-dealkylation sites (tertiary alicyclic amines) is 1. The van der Waals surface area contributed by atoms with E-state index in [1.165, 1.54) is 35.2 Å². The summed E-state index contributed by atoms with van der Waals surface area (Å²) in [6.45, 7) is 2.02. The minimum absolute atomic E-state index is 0.106. The molecule has 1 fully saturated rings. The third-order valence-electron chi connectivity index (χ3n) is 4.49. The first-order chi connectivity index (χ1) is 11.9. The molecule has 0 unspecified atom stereocenters. The Hall–Kier alpha value is -2.76. The molecule has 1 heterocycles. The lowest BCUT2D eigenvalue weighted by Gasteiger charge is -2.21. The number of rotatable bonds is 3. The van der Waals surface area contributed by atoms with Crippen LogP contribution in [0.2, 0.25) is 0 Å². The van der Waals surface area contributed by atoms with Gasteiger partial charge in [0.25, 0.3) is 5.91 Å². The van der Waals surface area contributed by atoms with Gasteiger partial charge in [0.2, 0.25) is 0 Å². The quantitative estimate of drug-likeness (QED) is 0.924. The number of hydrogen-bond acceptors (Lipinski definition) is 2. The Morgan fingerprint density at radius 3 is 2.48 bits per heavy atom. The van der Waals surface area contributed by atoms with E-state index in [9.17, 15) is 23.5 Å². The molecule has 0 saturated carbocycles. The molecule has 2 aromatic carbocycles. The number of halogens is 2. The van der Waals surface area contributed by atoms with Gasteiger partial charge in [-0.1, -0.05) is 12.1 Å². The summed E-state index contributed by atoms with van der Waals surface area (Å²) in [5.41, 5.74) is 1.50. The maximum absolute atomic E-state index is 14.5. The van der Waals surface area contributed by atoms with E-state index in [-0.39, 0.29) is 11.1 Å². The SMILES string of the molecule is Cc1cc(F)ccc1-c1ccc(C(=O)N2CCC[C@H]2C(=O)O)cc1F. The van der Waals surface area contributed by atoms with Gasteiger partial charge in [0.05, 0.1) is 0 Å². The summed E-state index contributed by atoms with van der Waals surface area (Å²) in [5, 5.41) is 9.18. The second kappa shape index (κ2) is 6.63. The van der Waals surface area contributed by atoms with Gasteiger partial charge >= 0.3 is 5.97 Å². The average Bonchev–Trinajstić information content (AvgIpc) is 3.04. The highest BCUT2D eigenvalue weighted by Crippen LogP contribution is 2.28. The number of hydrogen-bond donors (Lipinski definition) is 1. The molecule has 1 saturated heterocycles. The zero-order valence-electron chi connectivity index (χ0n) is 13.6. The number of carbonyl (C=O) groups is 2. The fourth-order valence-corrected chi connectivity index (χ4v) is 3.23. The van der Waals surface area contributed by atoms with Crippen molar-refractivity contribution < 1.29 is 23.5 Å². The summed E-state index contributed by atoms with van der Waals surface area (Å²) < 4.78 is 27.8. The van der Waals surface area contributed by atoms with E-state index < -0.39 is 29.6 Å². The minimum Gasteiger partial charge on any atom is -0.480 e. The largest absolute Gasteiger partial charge is 0.480 e. The fourth-order valence-electron chi connectivity index (χ4n) is 3.23. The molecular formula is C19H17F2NO3. The molecule has 2 aromatic rings. The van der Waals surface area contributed by atoms with Gasteiger partial charge in [0.1, 0.15) is 17.7 Å². The maximum Gasteiger partial charge on any atom is 0.326 e. The molecule has 6 heteroatoms. The van der Waals surface area contributed by atoms with Crippen LogP contribution in [0.1, 0.15) is 28.8 Å². The Bertz CT molecular complexity index is 851. The number of benzene rings is 2. The van der Waals surface area contributed by atoms with Crippen molar-refractivity contribution in [3.8, 4) is 11.1 Å². The highest BCUT2D eigenvalue weighted by Gasteiger charge is 2.34. The summed E-state index contributed by atoms with van der Waals surface area (Å²) in [7, 11) is 0. The van der Waals surface area contributed by atoms with Crippen LogP contribution in [0.15, 0.2) is 36.4 Å². The van der Waals surface area contributed by atoms with Crippen molar-refractivity contribution in [2.75, 3.05) is 6.54 Å². The molecule has 130 valence electrons. The Morgan fingerprint density at radius 2 is 1.84 bits per heavy atom. The zero-order chi connectivity index (χ0) is 18.1. The van der Waals surface area contributed by atoms with Crippen molar-refractivity contribution in [1.29, 1.82) is 0 Å². The van der Waals surface area contributed by atoms with Gasteiger partial charge < -0.3 is 10.0 Å². The Labute approximate surface area is 143 Å². The van der Waals surface area contributed by atoms with Crippen molar-refractivity contribution in [1.82, 2.24) is 4.90 Å². The van der Waals surface area contributed by atoms with Crippen molar-refractivity contribution in [2.24, 2.45) is 0 Å². The second-order valence-corrected chi connectivity index (χ2v) is 6.15. The van der Waals surface area contributed by atoms with Crippen LogP contribution in [0.3, 0.4) is 0 Å². The Balaban J connectivity index is 1.92. The molecule has 25 heavy (non-hydrogen) atoms. The number of carboxylic acid groups (broad SMARTS) is 1. The van der Waals surface area contributed by atoms with E-state index in [1.807, 2.05) is 0 Å². The molecule has 1 atom stereocenters. The number of nitrogens with zero attached hydrogens (tertiary/aromatic N) is 1. The van der Waals surface area contributed by atoms with Gasteiger partial charge in [-0.05, 0) is 55.2 Å². The van der Waals surface area contributed by atoms with E-state index in [0.29, 0.717) is 30.5 Å². The summed E-state index contributed by atoms with van der Waals surface area (Å²) in [4.78, 5) is 25.0. The van der Waals surface area contributed by atoms with Gasteiger partial charge in [-0.3, -0.25) is 4.79 Å². The predicted molar refractivity (Wildman–Crippen MR) is 88.2 cm³/mol. The minimum atomic E-state index is -1.05. The number of amides is 1. The van der Waals surface area contributed by atoms with Crippen molar-refractivity contribution in [3.05, 3.63) is 59.2 Å². The van der Waals surface area contributed by atoms with Crippen LogP contribution in [-0.4, -0.2) is 34.5 Å². The average molecular weight is 345 g/mol. The molecule has 3 rings (SSSR count). The normalized spacial score (nSPS) is 16.9. The third-order valence-corrected chi connectivity index (χ3v) is 4.49. The lowest BCUT2D eigenvalue weighted by molar-refractivity contribution is -0.141. The highest BCUT2D eigenvalue weighted by molar-refractivity contribution is 5.97. The molecule has 1 amide bonds. The molecular weight excluding hydrogens is 328 g/mol. The maximum atomic E-state index is 14.5. The molecule has 0 spiro atoms. The van der Waals surface area contributed by atoms with Crippen LogP contribution in [0, 0.1) is 18.6 Å². The molecule has 1 N–H and O–H groups in total. The first-order valence-electron chi connectivity index (χ1n) is 7.98. The molecule has 1 aliphatic rings. The van der Waals surface area contributed by atoms with Gasteiger partial charge in [0.15, 0.2) is 0 Å². The van der Waals surface area contributed by atoms with Gasteiger partial charge in [-0.2, -0.15) is 0 Å². The first kappa shape index (κ1) is 17.1. The number of carboxylic acids is 1. The molecule has 4 nitrogen and oxygen atoms in total. The highest BCUT2D eigenvalue weighted by atomic mass is 19.1. The van der Waals surface area contributed by atoms with Crippen molar-refractivity contribution >= 4 is 11.9 Å². The summed E-state index contributed by atoms with van der Waals surface area (Å²) in [5.74, 6) is -2.55. The van der Waals surface area contributed by atoms with E-state index >= 15 is 0 Å². The topological polar surface area (TPSA) is 57.6 Å². The number of carbonyl (C=O) groups excluding carboxylic acids is 1. The molecule has 0 aliphatic carbocycles. The molecule has 0 aromatic heterocycles. The second-order valence-electron chi connectivity index (χ2n) is 6.15. The van der Waals surface area contributed by atoms with Crippen LogP contribution in [0.25, 0.3) is 11.1 Å². The molecule has 1 aliphatic heterocycles. The lowest BCUT2D eigenvalue weighted by atomic mass is 9.98. The number of aryl methyl sites for hydroxylation is 1. The first-order valence-corrected chi connectivity index (χ1v) is 7.98. The predicted octanol–water partition coefficient (Wildman–Crippen LogP) is 3.63. The van der Waals surface area contributed by atoms with E-state index in [4.69, 9.17) is 0 Å². The lowest BCUT2D eigenvalue weighted by Crippen LogP contribution is -2.40. The van der Waals surface area contributed by atoms with E-state index in [1.54, 1.807) is 6.92 Å². The van der Waals surface area contributed by atoms with Crippen LogP contribution in [0.4, 0.5) is 8.78 Å². The van der Waals surface area contributed by atoms with Crippen LogP contribution in [0.5, 0.6) is 0 Å². The molecule has 0 bridgehead atoms. The van der Waals surface area contributed by atoms with E-state index in [0.717, 1.165) is 6.07 Å². The number of aliphatic carboxylic acids is 1. The van der Waals surface area contributed by atoms with Gasteiger partial charge in [-0.25, -0.2) is 13.6 Å². The van der Waals surface area contributed by atoms with Gasteiger partial charge in [0, 0.05) is 17.7 Å². The van der Waals surface area contributed by atoms with Crippen LogP contribution < -0.4 is 0 Å². The Morgan fingerprint density at radius 1 is 1.12 bits per heavy atom. The van der Waals surface area contributed by atoms with Gasteiger partial charge in [-0.15, -0.1) is 0 Å². The smallest absolute Gasteiger partial charge is 0.326 e. The monoisotopic (exact) mass is 345 g/mol. The summed E-state index contributed by atoms with van der Waals surface area (Å²) >= 11 is 0. The van der Waals surface area contributed by atoms with Crippen molar-refractivity contribution in [3.63, 3.8) is 0 Å². The van der Waals surface area contributed by atoms with Crippen molar-refractivity contribution in [2.45, 2.75) is 25.8 Å². The fraction of sp³-hybridized carbons (Fsp3) is 0.263. The Kier molecular flexibility index (Phi) is 4.53. The molecule has 0 radical (unpaired) electrons. The summed E-state index contributed by atoms with van der Waals surface area (Å²) in [6, 6.07) is 7.24. The van der Waals surface area contributed by atoms with E-state index in [2.05, 4.69) is 0 Å². The zero-order valence-corrected chi connectivity index (χ0v) is 13.6. The summed E-state index contributed by atoms with van der Waals surface area (Å²) in [6.07, 6.45) is 1.01. The van der Waals surface area contributed by atoms with Crippen LogP contribution >= 0.6 is 0 Å².